The Morgan fingerprint density at radius 1 is 0.658 bits per heavy atom. The summed E-state index contributed by atoms with van der Waals surface area (Å²) < 4.78 is 90.1. The monoisotopic (exact) mass is 579 g/mol. The summed E-state index contributed by atoms with van der Waals surface area (Å²) in [5.41, 5.74) is 2.59. The average Bonchev–Trinajstić information content (AvgIpc) is 3.26. The molecule has 0 aliphatic carbocycles. The summed E-state index contributed by atoms with van der Waals surface area (Å²) in [6, 6.07) is 17.3. The van der Waals surface area contributed by atoms with Gasteiger partial charge in [-0.05, 0) is 63.6 Å². The SMILES string of the molecule is Cc1ccc(S(=O)(=O)OC[C@H]2C[C@@H](OS(=O)(=O)c3ccc(C)cc3)CN2S(=O)(=O)c2ccc(C)cc2)cc1. The van der Waals surface area contributed by atoms with Crippen LogP contribution in [0.15, 0.2) is 87.5 Å². The van der Waals surface area contributed by atoms with Gasteiger partial charge in [-0.2, -0.15) is 21.1 Å². The molecular formula is C26H29NO8S3. The van der Waals surface area contributed by atoms with Gasteiger partial charge in [-0.1, -0.05) is 53.1 Å². The Labute approximate surface area is 224 Å². The van der Waals surface area contributed by atoms with E-state index in [4.69, 9.17) is 8.37 Å². The van der Waals surface area contributed by atoms with Gasteiger partial charge in [0.25, 0.3) is 20.2 Å². The first-order valence-electron chi connectivity index (χ1n) is 11.8. The van der Waals surface area contributed by atoms with Gasteiger partial charge in [0.05, 0.1) is 33.4 Å². The Morgan fingerprint density at radius 3 is 1.55 bits per heavy atom. The van der Waals surface area contributed by atoms with Gasteiger partial charge >= 0.3 is 0 Å². The Bertz CT molecular complexity index is 1600. The minimum absolute atomic E-state index is 0.00321. The summed E-state index contributed by atoms with van der Waals surface area (Å²) in [4.78, 5) is -0.127. The number of hydrogen-bond acceptors (Lipinski definition) is 8. The number of sulfonamides is 1. The zero-order valence-corrected chi connectivity index (χ0v) is 23.6. The Morgan fingerprint density at radius 2 is 1.08 bits per heavy atom. The highest BCUT2D eigenvalue weighted by atomic mass is 32.2. The largest absolute Gasteiger partial charge is 0.297 e. The third-order valence-electron chi connectivity index (χ3n) is 6.25. The van der Waals surface area contributed by atoms with Gasteiger partial charge in [0, 0.05) is 6.54 Å². The van der Waals surface area contributed by atoms with E-state index in [9.17, 15) is 25.3 Å². The Balaban J connectivity index is 1.60. The molecule has 4 rings (SSSR count). The molecule has 0 radical (unpaired) electrons. The van der Waals surface area contributed by atoms with E-state index < -0.39 is 49.0 Å². The highest BCUT2D eigenvalue weighted by Gasteiger charge is 2.43. The van der Waals surface area contributed by atoms with E-state index in [2.05, 4.69) is 0 Å². The lowest BCUT2D eigenvalue weighted by Gasteiger charge is -2.23. The minimum Gasteiger partial charge on any atom is -0.265 e. The number of rotatable bonds is 9. The van der Waals surface area contributed by atoms with E-state index in [1.807, 2.05) is 20.8 Å². The van der Waals surface area contributed by atoms with Crippen LogP contribution in [0.3, 0.4) is 0 Å². The summed E-state index contributed by atoms with van der Waals surface area (Å²) in [5, 5.41) is 0. The second-order valence-corrected chi connectivity index (χ2v) is 14.4. The molecular weight excluding hydrogens is 550 g/mol. The van der Waals surface area contributed by atoms with Crippen molar-refractivity contribution in [2.75, 3.05) is 13.2 Å². The van der Waals surface area contributed by atoms with Crippen LogP contribution in [-0.2, 0) is 38.6 Å². The standard InChI is InChI=1S/C26H29NO8S3/c1-19-4-10-24(11-5-19)36(28,29)27-17-23(35-38(32,33)26-14-8-21(3)9-15-26)16-22(27)18-34-37(30,31)25-12-6-20(2)7-13-25/h4-15,22-23H,16-18H2,1-3H3/t22-,23-/m1/s1. The first-order chi connectivity index (χ1) is 17.8. The molecule has 2 atom stereocenters. The lowest BCUT2D eigenvalue weighted by Crippen LogP contribution is -2.39. The highest BCUT2D eigenvalue weighted by Crippen LogP contribution is 2.31. The third kappa shape index (κ3) is 6.33. The quantitative estimate of drug-likeness (QED) is 0.353. The molecule has 0 spiro atoms. The van der Waals surface area contributed by atoms with Crippen LogP contribution in [-0.4, -0.2) is 54.9 Å². The van der Waals surface area contributed by atoms with Crippen LogP contribution in [0.25, 0.3) is 0 Å². The lowest BCUT2D eigenvalue weighted by atomic mass is 10.2. The minimum atomic E-state index is -4.19. The predicted molar refractivity (Wildman–Crippen MR) is 141 cm³/mol. The molecule has 0 aromatic heterocycles. The normalized spacial score (nSPS) is 19.0. The fourth-order valence-electron chi connectivity index (χ4n) is 4.09. The second kappa shape index (κ2) is 10.9. The number of nitrogens with zero attached hydrogens (tertiary/aromatic N) is 1. The number of aryl methyl sites for hydroxylation is 3. The first kappa shape index (κ1) is 28.4. The smallest absolute Gasteiger partial charge is 0.265 e. The fourth-order valence-corrected chi connectivity index (χ4v) is 7.76. The highest BCUT2D eigenvalue weighted by molar-refractivity contribution is 7.89. The number of hydrogen-bond donors (Lipinski definition) is 0. The molecule has 3 aromatic rings. The molecule has 0 bridgehead atoms. The Kier molecular flexibility index (Phi) is 8.12. The van der Waals surface area contributed by atoms with Crippen LogP contribution < -0.4 is 0 Å². The lowest BCUT2D eigenvalue weighted by molar-refractivity contribution is 0.218. The molecule has 204 valence electrons. The van der Waals surface area contributed by atoms with Crippen molar-refractivity contribution in [1.29, 1.82) is 0 Å². The van der Waals surface area contributed by atoms with Gasteiger partial charge in [-0.15, -0.1) is 0 Å². The Hall–Kier alpha value is -2.61. The van der Waals surface area contributed by atoms with Crippen molar-refractivity contribution in [2.24, 2.45) is 0 Å². The molecule has 9 nitrogen and oxygen atoms in total. The maximum absolute atomic E-state index is 13.5. The van der Waals surface area contributed by atoms with Crippen molar-refractivity contribution in [3.63, 3.8) is 0 Å². The maximum atomic E-state index is 13.5. The average molecular weight is 580 g/mol. The molecule has 1 fully saturated rings. The van der Waals surface area contributed by atoms with E-state index in [0.29, 0.717) is 0 Å². The molecule has 12 heteroatoms. The molecule has 0 amide bonds. The molecule has 1 saturated heterocycles. The van der Waals surface area contributed by atoms with Crippen LogP contribution in [0.4, 0.5) is 0 Å². The van der Waals surface area contributed by atoms with Gasteiger partial charge in [0.1, 0.15) is 0 Å². The maximum Gasteiger partial charge on any atom is 0.297 e. The van der Waals surface area contributed by atoms with Crippen LogP contribution in [0.1, 0.15) is 23.1 Å². The molecule has 3 aromatic carbocycles. The van der Waals surface area contributed by atoms with E-state index in [-0.39, 0.29) is 27.7 Å². The van der Waals surface area contributed by atoms with Crippen LogP contribution in [0.2, 0.25) is 0 Å². The zero-order valence-electron chi connectivity index (χ0n) is 21.1. The first-order valence-corrected chi connectivity index (χ1v) is 16.1. The van der Waals surface area contributed by atoms with Crippen molar-refractivity contribution in [3.8, 4) is 0 Å². The van der Waals surface area contributed by atoms with Crippen LogP contribution >= 0.6 is 0 Å². The molecule has 1 aliphatic rings. The van der Waals surface area contributed by atoms with Gasteiger partial charge in [0.15, 0.2) is 0 Å². The van der Waals surface area contributed by atoms with Gasteiger partial charge < -0.3 is 0 Å². The predicted octanol–water partition coefficient (Wildman–Crippen LogP) is 3.55. The van der Waals surface area contributed by atoms with Gasteiger partial charge in [-0.3, -0.25) is 8.37 Å². The topological polar surface area (TPSA) is 124 Å². The molecule has 0 N–H and O–H groups in total. The molecule has 0 unspecified atom stereocenters. The van der Waals surface area contributed by atoms with Gasteiger partial charge in [0.2, 0.25) is 10.0 Å². The van der Waals surface area contributed by atoms with Crippen molar-refractivity contribution >= 4 is 30.3 Å². The molecule has 1 heterocycles. The van der Waals surface area contributed by atoms with E-state index in [1.165, 1.54) is 36.4 Å². The summed E-state index contributed by atoms with van der Waals surface area (Å²) in [6.45, 7) is 4.65. The van der Waals surface area contributed by atoms with Crippen molar-refractivity contribution in [2.45, 2.75) is 54.0 Å². The van der Waals surface area contributed by atoms with Gasteiger partial charge in [-0.25, -0.2) is 8.42 Å². The summed E-state index contributed by atoms with van der Waals surface area (Å²) in [6.07, 6.45) is -1.13. The second-order valence-electron chi connectivity index (χ2n) is 9.31. The number of benzene rings is 3. The summed E-state index contributed by atoms with van der Waals surface area (Å²) in [7, 11) is -12.5. The van der Waals surface area contributed by atoms with E-state index >= 15 is 0 Å². The van der Waals surface area contributed by atoms with Crippen molar-refractivity contribution < 1.29 is 33.6 Å². The fraction of sp³-hybridized carbons (Fsp3) is 0.308. The zero-order chi connectivity index (χ0) is 27.7. The third-order valence-corrected chi connectivity index (χ3v) is 10.9. The van der Waals surface area contributed by atoms with Crippen molar-refractivity contribution in [3.05, 3.63) is 89.5 Å². The summed E-state index contributed by atoms with van der Waals surface area (Å²) >= 11 is 0. The van der Waals surface area contributed by atoms with Crippen molar-refractivity contribution in [1.82, 2.24) is 4.31 Å². The molecule has 1 aliphatic heterocycles. The summed E-state index contributed by atoms with van der Waals surface area (Å²) in [5.74, 6) is 0. The van der Waals surface area contributed by atoms with Crippen LogP contribution in [0, 0.1) is 20.8 Å². The molecule has 38 heavy (non-hydrogen) atoms. The van der Waals surface area contributed by atoms with E-state index in [1.54, 1.807) is 36.4 Å². The van der Waals surface area contributed by atoms with E-state index in [0.717, 1.165) is 21.0 Å². The molecule has 0 saturated carbocycles. The van der Waals surface area contributed by atoms with Crippen LogP contribution in [0.5, 0.6) is 0 Å².